The Bertz CT molecular complexity index is 772. The SMILES string of the molecule is CC(=O)C[C@@H]1C(=O)[C@@H]2COC(C)(C)[C@H]3CC[C@@](C)(C[C@H]23)[C@H]1/C=C/OC(=O)C=C(C)C. The summed E-state index contributed by atoms with van der Waals surface area (Å²) in [5, 5.41) is 0. The van der Waals surface area contributed by atoms with Gasteiger partial charge in [0.05, 0.1) is 18.5 Å². The summed E-state index contributed by atoms with van der Waals surface area (Å²) < 4.78 is 11.4. The van der Waals surface area contributed by atoms with Crippen molar-refractivity contribution in [3.05, 3.63) is 24.0 Å². The van der Waals surface area contributed by atoms with Crippen LogP contribution in [0, 0.1) is 35.0 Å². The Morgan fingerprint density at radius 2 is 1.90 bits per heavy atom. The van der Waals surface area contributed by atoms with Gasteiger partial charge in [0, 0.05) is 24.3 Å². The number of hydrogen-bond donors (Lipinski definition) is 0. The largest absolute Gasteiger partial charge is 0.432 e. The summed E-state index contributed by atoms with van der Waals surface area (Å²) in [6.07, 6.45) is 7.87. The Morgan fingerprint density at radius 1 is 1.20 bits per heavy atom. The van der Waals surface area contributed by atoms with Crippen LogP contribution in [0.25, 0.3) is 0 Å². The molecule has 30 heavy (non-hydrogen) atoms. The van der Waals surface area contributed by atoms with Crippen LogP contribution in [-0.2, 0) is 23.9 Å². The minimum absolute atomic E-state index is 0.0157. The molecule has 5 nitrogen and oxygen atoms in total. The van der Waals surface area contributed by atoms with Crippen molar-refractivity contribution in [2.45, 2.75) is 72.8 Å². The molecule has 0 N–H and O–H groups in total. The van der Waals surface area contributed by atoms with Gasteiger partial charge in [-0.2, -0.15) is 0 Å². The van der Waals surface area contributed by atoms with Crippen LogP contribution in [0.2, 0.25) is 0 Å². The number of esters is 1. The van der Waals surface area contributed by atoms with Gasteiger partial charge in [0.1, 0.15) is 11.6 Å². The first kappa shape index (κ1) is 22.9. The summed E-state index contributed by atoms with van der Waals surface area (Å²) in [5.74, 6) is -0.322. The lowest BCUT2D eigenvalue weighted by atomic mass is 9.56. The second-order valence-electron chi connectivity index (χ2n) is 10.6. The fraction of sp³-hybridized carbons (Fsp3) is 0.720. The van der Waals surface area contributed by atoms with Crippen molar-refractivity contribution < 1.29 is 23.9 Å². The molecule has 3 fully saturated rings. The number of ether oxygens (including phenoxy) is 2. The molecule has 166 valence electrons. The summed E-state index contributed by atoms with van der Waals surface area (Å²) in [7, 11) is 0. The molecule has 1 heterocycles. The quantitative estimate of drug-likeness (QED) is 0.371. The number of rotatable bonds is 5. The summed E-state index contributed by atoms with van der Waals surface area (Å²) in [6.45, 7) is 12.2. The lowest BCUT2D eigenvalue weighted by Gasteiger charge is -2.53. The molecule has 2 saturated carbocycles. The van der Waals surface area contributed by atoms with Gasteiger partial charge in [-0.1, -0.05) is 12.5 Å². The van der Waals surface area contributed by atoms with Gasteiger partial charge in [-0.15, -0.1) is 0 Å². The van der Waals surface area contributed by atoms with E-state index in [2.05, 4.69) is 20.8 Å². The van der Waals surface area contributed by atoms with Crippen molar-refractivity contribution in [1.29, 1.82) is 0 Å². The molecule has 0 spiro atoms. The highest BCUT2D eigenvalue weighted by atomic mass is 16.5. The van der Waals surface area contributed by atoms with Crippen LogP contribution < -0.4 is 0 Å². The monoisotopic (exact) mass is 416 g/mol. The summed E-state index contributed by atoms with van der Waals surface area (Å²) >= 11 is 0. The third kappa shape index (κ3) is 4.46. The first-order valence-corrected chi connectivity index (χ1v) is 11.1. The van der Waals surface area contributed by atoms with Crippen LogP contribution in [0.15, 0.2) is 24.0 Å². The first-order chi connectivity index (χ1) is 13.9. The van der Waals surface area contributed by atoms with Gasteiger partial charge in [0.15, 0.2) is 0 Å². The van der Waals surface area contributed by atoms with Crippen LogP contribution in [0.1, 0.15) is 67.2 Å². The van der Waals surface area contributed by atoms with E-state index >= 15 is 0 Å². The molecule has 0 unspecified atom stereocenters. The van der Waals surface area contributed by atoms with E-state index in [4.69, 9.17) is 9.47 Å². The normalized spacial score (nSPS) is 37.4. The van der Waals surface area contributed by atoms with Crippen molar-refractivity contribution in [2.24, 2.45) is 35.0 Å². The number of ketones is 2. The van der Waals surface area contributed by atoms with Crippen molar-refractivity contribution in [3.63, 3.8) is 0 Å². The molecule has 1 aliphatic heterocycles. The highest BCUT2D eigenvalue weighted by Crippen LogP contribution is 2.59. The topological polar surface area (TPSA) is 69.7 Å². The summed E-state index contributed by atoms with van der Waals surface area (Å²) in [4.78, 5) is 37.7. The zero-order valence-electron chi connectivity index (χ0n) is 19.2. The van der Waals surface area contributed by atoms with Crippen molar-refractivity contribution in [3.8, 4) is 0 Å². The molecular formula is C25H36O5. The third-order valence-electron chi connectivity index (χ3n) is 7.64. The van der Waals surface area contributed by atoms with Crippen LogP contribution in [0.3, 0.4) is 0 Å². The molecule has 3 aliphatic rings. The van der Waals surface area contributed by atoms with E-state index in [0.717, 1.165) is 24.8 Å². The Hall–Kier alpha value is -1.75. The van der Waals surface area contributed by atoms with Crippen molar-refractivity contribution in [2.75, 3.05) is 6.61 Å². The predicted octanol–water partition coefficient (Wildman–Crippen LogP) is 4.65. The van der Waals surface area contributed by atoms with E-state index in [1.165, 1.54) is 12.3 Å². The highest BCUT2D eigenvalue weighted by molar-refractivity contribution is 5.90. The van der Waals surface area contributed by atoms with E-state index in [0.29, 0.717) is 12.5 Å². The third-order valence-corrected chi connectivity index (χ3v) is 7.64. The van der Waals surface area contributed by atoms with Crippen molar-refractivity contribution in [1.82, 2.24) is 0 Å². The predicted molar refractivity (Wildman–Crippen MR) is 114 cm³/mol. The molecule has 0 radical (unpaired) electrons. The standard InChI is InChI=1S/C25H36O5/c1-15(2)11-22(27)29-10-8-21-17(12-16(3)26)23(28)19-14-30-24(4,5)20-7-9-25(21,6)13-18(19)20/h8,10-11,17-21H,7,9,12-14H2,1-6H3/b10-8+/t17-,18+,19+,20-,21-,25-/m0/s1. The van der Waals surface area contributed by atoms with Gasteiger partial charge in [-0.3, -0.25) is 4.79 Å². The second kappa shape index (κ2) is 8.41. The zero-order chi connectivity index (χ0) is 22.3. The highest BCUT2D eigenvalue weighted by Gasteiger charge is 2.58. The molecule has 2 aliphatic carbocycles. The van der Waals surface area contributed by atoms with Crippen LogP contribution in [0.5, 0.6) is 0 Å². The molecule has 1 saturated heterocycles. The van der Waals surface area contributed by atoms with Gasteiger partial charge in [0.2, 0.25) is 0 Å². The maximum atomic E-state index is 13.7. The molecule has 3 rings (SSSR count). The van der Waals surface area contributed by atoms with Crippen LogP contribution in [-0.4, -0.2) is 29.7 Å². The minimum Gasteiger partial charge on any atom is -0.432 e. The Kier molecular flexibility index (Phi) is 6.43. The number of Topliss-reactive ketones (excluding diaryl/α,β-unsaturated/α-hetero) is 2. The molecule has 2 bridgehead atoms. The van der Waals surface area contributed by atoms with Gasteiger partial charge < -0.3 is 14.3 Å². The number of allylic oxidation sites excluding steroid dienone is 2. The Balaban J connectivity index is 1.95. The van der Waals surface area contributed by atoms with E-state index in [1.807, 2.05) is 19.9 Å². The van der Waals surface area contributed by atoms with Crippen LogP contribution in [0.4, 0.5) is 0 Å². The van der Waals surface area contributed by atoms with Gasteiger partial charge in [0.25, 0.3) is 0 Å². The van der Waals surface area contributed by atoms with E-state index in [9.17, 15) is 14.4 Å². The molecule has 0 aromatic carbocycles. The molecule has 0 aromatic heterocycles. The molecular weight excluding hydrogens is 380 g/mol. The Morgan fingerprint density at radius 3 is 2.53 bits per heavy atom. The lowest BCUT2D eigenvalue weighted by Crippen LogP contribution is -2.53. The minimum atomic E-state index is -0.424. The van der Waals surface area contributed by atoms with E-state index in [-0.39, 0.29) is 46.8 Å². The van der Waals surface area contributed by atoms with Gasteiger partial charge in [-0.05, 0) is 83.1 Å². The average molecular weight is 417 g/mol. The maximum Gasteiger partial charge on any atom is 0.335 e. The second-order valence-corrected chi connectivity index (χ2v) is 10.6. The van der Waals surface area contributed by atoms with Gasteiger partial charge >= 0.3 is 5.97 Å². The van der Waals surface area contributed by atoms with Crippen LogP contribution >= 0.6 is 0 Å². The summed E-state index contributed by atoms with van der Waals surface area (Å²) in [6, 6.07) is 0. The smallest absolute Gasteiger partial charge is 0.335 e. The lowest BCUT2D eigenvalue weighted by molar-refractivity contribution is -0.173. The van der Waals surface area contributed by atoms with E-state index in [1.54, 1.807) is 6.92 Å². The molecule has 6 atom stereocenters. The fourth-order valence-electron chi connectivity index (χ4n) is 6.20. The van der Waals surface area contributed by atoms with Gasteiger partial charge in [-0.25, -0.2) is 4.79 Å². The van der Waals surface area contributed by atoms with E-state index < -0.39 is 11.9 Å². The number of carbonyl (C=O) groups excluding carboxylic acids is 3. The number of fused-ring (bicyclic) bond motifs is 1. The average Bonchev–Trinajstić information content (AvgIpc) is 2.67. The molecule has 5 heteroatoms. The maximum absolute atomic E-state index is 13.7. The molecule has 0 amide bonds. The molecule has 0 aromatic rings. The first-order valence-electron chi connectivity index (χ1n) is 11.1. The Labute approximate surface area is 180 Å². The summed E-state index contributed by atoms with van der Waals surface area (Å²) in [5.41, 5.74) is 0.525. The fourth-order valence-corrected chi connectivity index (χ4v) is 6.20. The van der Waals surface area contributed by atoms with Crippen molar-refractivity contribution >= 4 is 17.5 Å². The number of carbonyl (C=O) groups is 3. The zero-order valence-corrected chi connectivity index (χ0v) is 19.2. The number of hydrogen-bond acceptors (Lipinski definition) is 5.